The minimum absolute atomic E-state index is 0.295. The van der Waals surface area contributed by atoms with Gasteiger partial charge in [0.1, 0.15) is 0 Å². The lowest BCUT2D eigenvalue weighted by Crippen LogP contribution is -2.43. The molecule has 0 fully saturated rings. The van der Waals surface area contributed by atoms with Gasteiger partial charge in [-0.05, 0) is 66.9 Å². The minimum Gasteiger partial charge on any atom is -0.493 e. The molecule has 0 unspecified atom stereocenters. The Bertz CT molecular complexity index is 823. The number of anilines is 1. The lowest BCUT2D eigenvalue weighted by molar-refractivity contribution is 0.0943. The second-order valence-corrected chi connectivity index (χ2v) is 7.39. The SMILES string of the molecule is CCc1ccc(NC(=S)NNC(=O)c2ccc(OCCC(C)C)c(OC)c2)cc1. The van der Waals surface area contributed by atoms with Gasteiger partial charge in [0, 0.05) is 11.3 Å². The van der Waals surface area contributed by atoms with Crippen molar-refractivity contribution in [2.24, 2.45) is 5.92 Å². The van der Waals surface area contributed by atoms with Crippen molar-refractivity contribution in [2.45, 2.75) is 33.6 Å². The Labute approximate surface area is 178 Å². The zero-order valence-corrected chi connectivity index (χ0v) is 18.2. The third-order valence-electron chi connectivity index (χ3n) is 4.29. The molecule has 0 heterocycles. The molecule has 0 atom stereocenters. The van der Waals surface area contributed by atoms with Gasteiger partial charge in [0.2, 0.25) is 0 Å². The maximum absolute atomic E-state index is 12.4. The maximum Gasteiger partial charge on any atom is 0.269 e. The molecule has 0 aliphatic carbocycles. The topological polar surface area (TPSA) is 71.6 Å². The second kappa shape index (κ2) is 11.3. The van der Waals surface area contributed by atoms with Gasteiger partial charge in [-0.25, -0.2) is 0 Å². The molecule has 0 bridgehead atoms. The Morgan fingerprint density at radius 1 is 1.07 bits per heavy atom. The van der Waals surface area contributed by atoms with Crippen molar-refractivity contribution in [3.8, 4) is 11.5 Å². The second-order valence-electron chi connectivity index (χ2n) is 6.98. The number of thiocarbonyl (C=S) groups is 1. The molecule has 0 aromatic heterocycles. The van der Waals surface area contributed by atoms with Crippen molar-refractivity contribution in [1.82, 2.24) is 10.9 Å². The van der Waals surface area contributed by atoms with Crippen LogP contribution in [0.4, 0.5) is 5.69 Å². The average Bonchev–Trinajstić information content (AvgIpc) is 2.72. The number of benzene rings is 2. The predicted octanol–water partition coefficient (Wildman–Crippen LogP) is 4.31. The Morgan fingerprint density at radius 3 is 2.41 bits per heavy atom. The summed E-state index contributed by atoms with van der Waals surface area (Å²) in [6.07, 6.45) is 1.92. The van der Waals surface area contributed by atoms with Gasteiger partial charge in [-0.3, -0.25) is 15.6 Å². The van der Waals surface area contributed by atoms with E-state index in [1.54, 1.807) is 25.3 Å². The molecule has 0 saturated carbocycles. The van der Waals surface area contributed by atoms with Crippen LogP contribution in [0.1, 0.15) is 43.1 Å². The van der Waals surface area contributed by atoms with Gasteiger partial charge in [0.25, 0.3) is 5.91 Å². The monoisotopic (exact) mass is 415 g/mol. The smallest absolute Gasteiger partial charge is 0.269 e. The quantitative estimate of drug-likeness (QED) is 0.441. The molecule has 6 nitrogen and oxygen atoms in total. The first-order valence-corrected chi connectivity index (χ1v) is 10.1. The Hall–Kier alpha value is -2.80. The van der Waals surface area contributed by atoms with E-state index in [2.05, 4.69) is 36.9 Å². The number of methoxy groups -OCH3 is 1. The average molecular weight is 416 g/mol. The molecule has 0 aliphatic rings. The van der Waals surface area contributed by atoms with Crippen molar-refractivity contribution in [1.29, 1.82) is 0 Å². The van der Waals surface area contributed by atoms with E-state index in [-0.39, 0.29) is 5.91 Å². The molecule has 3 N–H and O–H groups in total. The summed E-state index contributed by atoms with van der Waals surface area (Å²) in [5.41, 5.74) is 7.81. The maximum atomic E-state index is 12.4. The predicted molar refractivity (Wildman–Crippen MR) is 121 cm³/mol. The molecular formula is C22H29N3O3S. The fourth-order valence-electron chi connectivity index (χ4n) is 2.50. The summed E-state index contributed by atoms with van der Waals surface area (Å²) in [7, 11) is 1.55. The number of rotatable bonds is 8. The summed E-state index contributed by atoms with van der Waals surface area (Å²) in [5, 5.41) is 3.32. The number of hydrogen-bond donors (Lipinski definition) is 3. The van der Waals surface area contributed by atoms with Gasteiger partial charge in [-0.1, -0.05) is 32.9 Å². The molecule has 2 aromatic carbocycles. The van der Waals surface area contributed by atoms with Crippen molar-refractivity contribution in [3.05, 3.63) is 53.6 Å². The Balaban J connectivity index is 1.89. The van der Waals surface area contributed by atoms with Crippen LogP contribution in [0.25, 0.3) is 0 Å². The molecule has 1 amide bonds. The third-order valence-corrected chi connectivity index (χ3v) is 4.49. The van der Waals surface area contributed by atoms with Crippen LogP contribution in [0.3, 0.4) is 0 Å². The summed E-state index contributed by atoms with van der Waals surface area (Å²) in [6.45, 7) is 6.98. The van der Waals surface area contributed by atoms with E-state index < -0.39 is 0 Å². The normalized spacial score (nSPS) is 10.4. The fourth-order valence-corrected chi connectivity index (χ4v) is 2.67. The first-order valence-electron chi connectivity index (χ1n) is 9.70. The van der Waals surface area contributed by atoms with E-state index in [4.69, 9.17) is 21.7 Å². The lowest BCUT2D eigenvalue weighted by Gasteiger charge is -2.14. The Morgan fingerprint density at radius 2 is 1.79 bits per heavy atom. The van der Waals surface area contributed by atoms with Crippen LogP contribution in [0.2, 0.25) is 0 Å². The van der Waals surface area contributed by atoms with Gasteiger partial charge in [-0.15, -0.1) is 0 Å². The Kier molecular flexibility index (Phi) is 8.73. The van der Waals surface area contributed by atoms with Gasteiger partial charge >= 0.3 is 0 Å². The van der Waals surface area contributed by atoms with E-state index in [0.717, 1.165) is 18.5 Å². The van der Waals surface area contributed by atoms with Crippen LogP contribution in [0, 0.1) is 5.92 Å². The zero-order chi connectivity index (χ0) is 21.2. The van der Waals surface area contributed by atoms with E-state index in [1.165, 1.54) is 5.56 Å². The molecule has 0 radical (unpaired) electrons. The van der Waals surface area contributed by atoms with Crippen LogP contribution >= 0.6 is 12.2 Å². The molecule has 2 rings (SSSR count). The highest BCUT2D eigenvalue weighted by molar-refractivity contribution is 7.80. The number of carbonyl (C=O) groups excluding carboxylic acids is 1. The minimum atomic E-state index is -0.331. The summed E-state index contributed by atoms with van der Waals surface area (Å²) < 4.78 is 11.1. The van der Waals surface area contributed by atoms with Gasteiger partial charge in [-0.2, -0.15) is 0 Å². The summed E-state index contributed by atoms with van der Waals surface area (Å²) in [6, 6.07) is 13.0. The standard InChI is InChI=1S/C22H29N3O3S/c1-5-16-6-9-18(10-7-16)23-22(29)25-24-21(26)17-8-11-19(20(14-17)27-4)28-13-12-15(2)3/h6-11,14-15H,5,12-13H2,1-4H3,(H,24,26)(H2,23,25,29). The number of ether oxygens (including phenoxy) is 2. The molecule has 7 heteroatoms. The van der Waals surface area contributed by atoms with Crippen LogP contribution in [0.5, 0.6) is 11.5 Å². The highest BCUT2D eigenvalue weighted by Gasteiger charge is 2.12. The van der Waals surface area contributed by atoms with Gasteiger partial charge < -0.3 is 14.8 Å². The number of carbonyl (C=O) groups is 1. The third kappa shape index (κ3) is 7.27. The summed E-state index contributed by atoms with van der Waals surface area (Å²) >= 11 is 5.22. The van der Waals surface area contributed by atoms with E-state index in [1.807, 2.05) is 24.3 Å². The number of hydrogen-bond acceptors (Lipinski definition) is 4. The van der Waals surface area contributed by atoms with E-state index in [0.29, 0.717) is 34.7 Å². The molecule has 29 heavy (non-hydrogen) atoms. The molecule has 2 aromatic rings. The van der Waals surface area contributed by atoms with Crippen molar-refractivity contribution in [3.63, 3.8) is 0 Å². The fraction of sp³-hybridized carbons (Fsp3) is 0.364. The molecule has 0 aliphatic heterocycles. The van der Waals surface area contributed by atoms with E-state index >= 15 is 0 Å². The van der Waals surface area contributed by atoms with Crippen LogP contribution in [-0.2, 0) is 6.42 Å². The van der Waals surface area contributed by atoms with Crippen LogP contribution in [-0.4, -0.2) is 24.7 Å². The highest BCUT2D eigenvalue weighted by Crippen LogP contribution is 2.28. The first kappa shape index (κ1) is 22.5. The largest absolute Gasteiger partial charge is 0.493 e. The van der Waals surface area contributed by atoms with Crippen molar-refractivity contribution >= 4 is 28.9 Å². The number of amides is 1. The summed E-state index contributed by atoms with van der Waals surface area (Å²) in [4.78, 5) is 12.4. The van der Waals surface area contributed by atoms with Gasteiger partial charge in [0.15, 0.2) is 16.6 Å². The molecule has 0 spiro atoms. The molecule has 0 saturated heterocycles. The van der Waals surface area contributed by atoms with Crippen LogP contribution < -0.4 is 25.6 Å². The van der Waals surface area contributed by atoms with Gasteiger partial charge in [0.05, 0.1) is 13.7 Å². The van der Waals surface area contributed by atoms with E-state index in [9.17, 15) is 4.79 Å². The molecule has 156 valence electrons. The summed E-state index contributed by atoms with van der Waals surface area (Å²) in [5.74, 6) is 1.35. The lowest BCUT2D eigenvalue weighted by atomic mass is 10.1. The van der Waals surface area contributed by atoms with Crippen LogP contribution in [0.15, 0.2) is 42.5 Å². The van der Waals surface area contributed by atoms with Crippen molar-refractivity contribution in [2.75, 3.05) is 19.0 Å². The highest BCUT2D eigenvalue weighted by atomic mass is 32.1. The zero-order valence-electron chi connectivity index (χ0n) is 17.4. The molecular weight excluding hydrogens is 386 g/mol. The van der Waals surface area contributed by atoms with Crippen molar-refractivity contribution < 1.29 is 14.3 Å². The number of nitrogens with one attached hydrogen (secondary N) is 3. The first-order chi connectivity index (χ1) is 13.9. The number of aryl methyl sites for hydroxylation is 1. The number of hydrazine groups is 1.